The van der Waals surface area contributed by atoms with Crippen molar-refractivity contribution in [2.75, 3.05) is 20.1 Å². The normalized spacial score (nSPS) is 19.2. The summed E-state index contributed by atoms with van der Waals surface area (Å²) in [4.78, 5) is 14.3. The van der Waals surface area contributed by atoms with Crippen molar-refractivity contribution in [1.29, 1.82) is 0 Å². The van der Waals surface area contributed by atoms with E-state index in [4.69, 9.17) is 0 Å². The van der Waals surface area contributed by atoms with Crippen LogP contribution in [0.4, 0.5) is 0 Å². The maximum absolute atomic E-state index is 12.4. The summed E-state index contributed by atoms with van der Waals surface area (Å²) in [6.45, 7) is 6.79. The van der Waals surface area contributed by atoms with Crippen LogP contribution >= 0.6 is 0 Å². The number of aryl methyl sites for hydroxylation is 2. The van der Waals surface area contributed by atoms with Crippen molar-refractivity contribution in [3.8, 4) is 0 Å². The Bertz CT molecular complexity index is 450. The van der Waals surface area contributed by atoms with Crippen molar-refractivity contribution >= 4 is 5.91 Å². The third-order valence-electron chi connectivity index (χ3n) is 3.93. The lowest BCUT2D eigenvalue weighted by atomic mass is 9.97. The van der Waals surface area contributed by atoms with Crippen LogP contribution < -0.4 is 5.32 Å². The smallest absolute Gasteiger partial charge is 0.227 e. The van der Waals surface area contributed by atoms with Gasteiger partial charge in [-0.1, -0.05) is 23.8 Å². The molecule has 1 atom stereocenters. The summed E-state index contributed by atoms with van der Waals surface area (Å²) in [5.41, 5.74) is 3.76. The summed E-state index contributed by atoms with van der Waals surface area (Å²) in [5, 5.41) is 3.31. The van der Waals surface area contributed by atoms with Crippen molar-refractivity contribution < 1.29 is 4.79 Å². The van der Waals surface area contributed by atoms with Gasteiger partial charge in [0, 0.05) is 20.1 Å². The Morgan fingerprint density at radius 1 is 1.42 bits per heavy atom. The Morgan fingerprint density at radius 2 is 2.21 bits per heavy atom. The zero-order valence-corrected chi connectivity index (χ0v) is 12.2. The molecule has 1 aromatic carbocycles. The van der Waals surface area contributed by atoms with Gasteiger partial charge in [-0.25, -0.2) is 0 Å². The molecule has 3 nitrogen and oxygen atoms in total. The van der Waals surface area contributed by atoms with Gasteiger partial charge in [-0.3, -0.25) is 4.79 Å². The number of rotatable bonds is 3. The molecular weight excluding hydrogens is 236 g/mol. The molecule has 0 saturated carbocycles. The van der Waals surface area contributed by atoms with Gasteiger partial charge in [-0.15, -0.1) is 0 Å². The SMILES string of the molecule is Cc1ccc(C)c(CN(C)C(=O)C2CCCNC2)c1. The molecule has 1 fully saturated rings. The Labute approximate surface area is 116 Å². The monoisotopic (exact) mass is 260 g/mol. The minimum Gasteiger partial charge on any atom is -0.341 e. The molecule has 0 spiro atoms. The quantitative estimate of drug-likeness (QED) is 0.904. The van der Waals surface area contributed by atoms with E-state index >= 15 is 0 Å². The highest BCUT2D eigenvalue weighted by Gasteiger charge is 2.24. The molecular formula is C16H24N2O. The van der Waals surface area contributed by atoms with Gasteiger partial charge < -0.3 is 10.2 Å². The zero-order valence-electron chi connectivity index (χ0n) is 12.2. The summed E-state index contributed by atoms with van der Waals surface area (Å²) in [7, 11) is 1.92. The third kappa shape index (κ3) is 3.57. The number of benzene rings is 1. The van der Waals surface area contributed by atoms with Crippen LogP contribution in [0.2, 0.25) is 0 Å². The van der Waals surface area contributed by atoms with Crippen LogP contribution in [0.25, 0.3) is 0 Å². The van der Waals surface area contributed by atoms with Crippen molar-refractivity contribution in [2.45, 2.75) is 33.2 Å². The number of piperidine rings is 1. The maximum atomic E-state index is 12.4. The number of carbonyl (C=O) groups is 1. The average molecular weight is 260 g/mol. The fourth-order valence-electron chi connectivity index (χ4n) is 2.68. The Kier molecular flexibility index (Phi) is 4.59. The Balaban J connectivity index is 2.01. The Morgan fingerprint density at radius 3 is 2.89 bits per heavy atom. The largest absolute Gasteiger partial charge is 0.341 e. The van der Waals surface area contributed by atoms with Gasteiger partial charge in [0.2, 0.25) is 5.91 Å². The highest BCUT2D eigenvalue weighted by atomic mass is 16.2. The molecule has 1 unspecified atom stereocenters. The molecule has 3 heteroatoms. The van der Waals surface area contributed by atoms with Crippen LogP contribution in [0.15, 0.2) is 18.2 Å². The van der Waals surface area contributed by atoms with Gasteiger partial charge in [-0.2, -0.15) is 0 Å². The highest BCUT2D eigenvalue weighted by Crippen LogP contribution is 2.17. The van der Waals surface area contributed by atoms with E-state index in [1.54, 1.807) is 0 Å². The second-order valence-corrected chi connectivity index (χ2v) is 5.67. The van der Waals surface area contributed by atoms with Crippen LogP contribution in [-0.2, 0) is 11.3 Å². The fourth-order valence-corrected chi connectivity index (χ4v) is 2.68. The molecule has 1 aromatic rings. The van der Waals surface area contributed by atoms with Crippen molar-refractivity contribution in [2.24, 2.45) is 5.92 Å². The van der Waals surface area contributed by atoms with Crippen LogP contribution in [0, 0.1) is 19.8 Å². The minimum atomic E-state index is 0.156. The van der Waals surface area contributed by atoms with Crippen molar-refractivity contribution in [3.05, 3.63) is 34.9 Å². The lowest BCUT2D eigenvalue weighted by Crippen LogP contribution is -2.41. The summed E-state index contributed by atoms with van der Waals surface area (Å²) in [6, 6.07) is 6.43. The molecule has 0 aromatic heterocycles. The lowest BCUT2D eigenvalue weighted by molar-refractivity contribution is -0.135. The zero-order chi connectivity index (χ0) is 13.8. The number of nitrogens with zero attached hydrogens (tertiary/aromatic N) is 1. The molecule has 0 radical (unpaired) electrons. The van der Waals surface area contributed by atoms with Gasteiger partial charge in [0.25, 0.3) is 0 Å². The van der Waals surface area contributed by atoms with Gasteiger partial charge in [0.15, 0.2) is 0 Å². The predicted octanol–water partition coefficient (Wildman–Crippen LogP) is 2.26. The fraction of sp³-hybridized carbons (Fsp3) is 0.562. The van der Waals surface area contributed by atoms with Crippen LogP contribution in [0.3, 0.4) is 0 Å². The standard InChI is InChI=1S/C16H24N2O/c1-12-6-7-13(2)15(9-12)11-18(3)16(19)14-5-4-8-17-10-14/h6-7,9,14,17H,4-5,8,10-11H2,1-3H3. The molecule has 104 valence electrons. The van der Waals surface area contributed by atoms with E-state index in [-0.39, 0.29) is 11.8 Å². The molecule has 1 amide bonds. The molecule has 1 heterocycles. The Hall–Kier alpha value is -1.35. The topological polar surface area (TPSA) is 32.3 Å². The van der Waals surface area contributed by atoms with E-state index in [2.05, 4.69) is 37.4 Å². The van der Waals surface area contributed by atoms with Crippen LogP contribution in [-0.4, -0.2) is 30.9 Å². The molecule has 2 rings (SSSR count). The molecule has 1 aliphatic heterocycles. The lowest BCUT2D eigenvalue weighted by Gasteiger charge is -2.27. The number of hydrogen-bond donors (Lipinski definition) is 1. The first-order valence-corrected chi connectivity index (χ1v) is 7.10. The molecule has 1 aliphatic rings. The predicted molar refractivity (Wildman–Crippen MR) is 78.0 cm³/mol. The van der Waals surface area contributed by atoms with E-state index in [0.717, 1.165) is 25.9 Å². The van der Waals surface area contributed by atoms with E-state index in [1.807, 2.05) is 11.9 Å². The molecule has 0 bridgehead atoms. The second-order valence-electron chi connectivity index (χ2n) is 5.67. The average Bonchev–Trinajstić information content (AvgIpc) is 2.43. The number of hydrogen-bond acceptors (Lipinski definition) is 2. The van der Waals surface area contributed by atoms with Gasteiger partial charge in [-0.05, 0) is 44.4 Å². The van der Waals surface area contributed by atoms with Crippen LogP contribution in [0.1, 0.15) is 29.5 Å². The maximum Gasteiger partial charge on any atom is 0.227 e. The second kappa shape index (κ2) is 6.20. The van der Waals surface area contributed by atoms with E-state index in [0.29, 0.717) is 6.54 Å². The molecule has 19 heavy (non-hydrogen) atoms. The van der Waals surface area contributed by atoms with Gasteiger partial charge in [0.1, 0.15) is 0 Å². The molecule has 1 saturated heterocycles. The van der Waals surface area contributed by atoms with Crippen molar-refractivity contribution in [3.63, 3.8) is 0 Å². The number of carbonyl (C=O) groups excluding carboxylic acids is 1. The first-order valence-electron chi connectivity index (χ1n) is 7.10. The summed E-state index contributed by atoms with van der Waals surface area (Å²) < 4.78 is 0. The number of amides is 1. The molecule has 0 aliphatic carbocycles. The highest BCUT2D eigenvalue weighted by molar-refractivity contribution is 5.79. The van der Waals surface area contributed by atoms with Crippen LogP contribution in [0.5, 0.6) is 0 Å². The first-order chi connectivity index (χ1) is 9.08. The van der Waals surface area contributed by atoms with E-state index in [1.165, 1.54) is 16.7 Å². The van der Waals surface area contributed by atoms with Crippen molar-refractivity contribution in [1.82, 2.24) is 10.2 Å². The summed E-state index contributed by atoms with van der Waals surface area (Å²) in [6.07, 6.45) is 2.12. The van der Waals surface area contributed by atoms with E-state index < -0.39 is 0 Å². The summed E-state index contributed by atoms with van der Waals surface area (Å²) in [5.74, 6) is 0.428. The minimum absolute atomic E-state index is 0.156. The van der Waals surface area contributed by atoms with Gasteiger partial charge in [0.05, 0.1) is 5.92 Å². The summed E-state index contributed by atoms with van der Waals surface area (Å²) >= 11 is 0. The third-order valence-corrected chi connectivity index (χ3v) is 3.93. The van der Waals surface area contributed by atoms with E-state index in [9.17, 15) is 4.79 Å². The number of nitrogens with one attached hydrogen (secondary N) is 1. The first kappa shape index (κ1) is 14.1. The molecule has 1 N–H and O–H groups in total. The van der Waals surface area contributed by atoms with Gasteiger partial charge >= 0.3 is 0 Å².